The van der Waals surface area contributed by atoms with E-state index in [1.807, 2.05) is 12.1 Å². The Balaban J connectivity index is 1.81. The Kier molecular flexibility index (Phi) is 5.42. The molecule has 0 heterocycles. The molecule has 0 bridgehead atoms. The maximum atomic E-state index is 13.3. The maximum absolute atomic E-state index is 13.3. The third-order valence-corrected chi connectivity index (χ3v) is 4.30. The molecule has 0 saturated carbocycles. The lowest BCUT2D eigenvalue weighted by Crippen LogP contribution is -2.05. The van der Waals surface area contributed by atoms with Crippen molar-refractivity contribution in [3.05, 3.63) is 106 Å². The fourth-order valence-electron chi connectivity index (χ4n) is 2.96. The van der Waals surface area contributed by atoms with Crippen molar-refractivity contribution in [2.24, 2.45) is 0 Å². The van der Waals surface area contributed by atoms with Crippen molar-refractivity contribution in [3.63, 3.8) is 0 Å². The number of halogens is 2. The Morgan fingerprint density at radius 3 is 2.08 bits per heavy atom. The molecule has 3 rings (SSSR count). The molecule has 3 aromatic carbocycles. The molecule has 0 aliphatic rings. The molecule has 0 aliphatic heterocycles. The highest BCUT2D eigenvalue weighted by Crippen LogP contribution is 2.19. The van der Waals surface area contributed by atoms with Gasteiger partial charge in [-0.15, -0.1) is 0 Å². The molecule has 0 radical (unpaired) electrons. The summed E-state index contributed by atoms with van der Waals surface area (Å²) < 4.78 is 26.3. The molecule has 0 atom stereocenters. The number of carboxylic acids is 1. The number of carboxylic acid groups (broad SMARTS) is 1. The van der Waals surface area contributed by atoms with Crippen LogP contribution in [0.2, 0.25) is 0 Å². The number of benzene rings is 3. The zero-order valence-electron chi connectivity index (χ0n) is 14.1. The maximum Gasteiger partial charge on any atom is 0.335 e. The molecule has 0 aromatic heterocycles. The average Bonchev–Trinajstić information content (AvgIpc) is 2.62. The van der Waals surface area contributed by atoms with Gasteiger partial charge in [-0.25, -0.2) is 13.6 Å². The molecular weight excluding hydrogens is 334 g/mol. The van der Waals surface area contributed by atoms with Crippen LogP contribution in [0.3, 0.4) is 0 Å². The van der Waals surface area contributed by atoms with Crippen LogP contribution in [-0.4, -0.2) is 11.1 Å². The second-order valence-corrected chi connectivity index (χ2v) is 6.23. The minimum Gasteiger partial charge on any atom is -0.478 e. The Hall–Kier alpha value is -3.01. The van der Waals surface area contributed by atoms with E-state index in [0.29, 0.717) is 24.8 Å². The van der Waals surface area contributed by atoms with Gasteiger partial charge in [0, 0.05) is 0 Å². The summed E-state index contributed by atoms with van der Waals surface area (Å²) >= 11 is 0. The van der Waals surface area contributed by atoms with Gasteiger partial charge in [-0.2, -0.15) is 0 Å². The third-order valence-electron chi connectivity index (χ3n) is 4.30. The SMILES string of the molecule is O=C(O)c1ccc(CCc2cccc(F)c2)cc1Cc1ccc(F)cc1. The van der Waals surface area contributed by atoms with Crippen molar-refractivity contribution in [1.29, 1.82) is 0 Å². The molecule has 1 N–H and O–H groups in total. The monoisotopic (exact) mass is 352 g/mol. The van der Waals surface area contributed by atoms with E-state index < -0.39 is 5.97 Å². The third kappa shape index (κ3) is 4.54. The zero-order valence-corrected chi connectivity index (χ0v) is 14.1. The van der Waals surface area contributed by atoms with Crippen molar-refractivity contribution in [3.8, 4) is 0 Å². The first kappa shape index (κ1) is 17.8. The normalized spacial score (nSPS) is 10.7. The van der Waals surface area contributed by atoms with Gasteiger partial charge in [0.05, 0.1) is 5.56 Å². The Morgan fingerprint density at radius 2 is 1.42 bits per heavy atom. The van der Waals surface area contributed by atoms with E-state index in [9.17, 15) is 18.7 Å². The molecule has 0 amide bonds. The van der Waals surface area contributed by atoms with Crippen LogP contribution in [0.15, 0.2) is 66.7 Å². The van der Waals surface area contributed by atoms with Gasteiger partial charge in [0.1, 0.15) is 11.6 Å². The van der Waals surface area contributed by atoms with Gasteiger partial charge in [0.25, 0.3) is 0 Å². The number of rotatable bonds is 6. The molecule has 4 heteroatoms. The fourth-order valence-corrected chi connectivity index (χ4v) is 2.96. The van der Waals surface area contributed by atoms with Crippen molar-refractivity contribution < 1.29 is 18.7 Å². The minimum absolute atomic E-state index is 0.240. The summed E-state index contributed by atoms with van der Waals surface area (Å²) in [6.45, 7) is 0. The van der Waals surface area contributed by atoms with E-state index in [-0.39, 0.29) is 17.2 Å². The van der Waals surface area contributed by atoms with Crippen LogP contribution < -0.4 is 0 Å². The summed E-state index contributed by atoms with van der Waals surface area (Å²) in [5.41, 5.74) is 3.64. The highest BCUT2D eigenvalue weighted by molar-refractivity contribution is 5.89. The number of hydrogen-bond acceptors (Lipinski definition) is 1. The Morgan fingerprint density at radius 1 is 0.769 bits per heavy atom. The predicted octanol–water partition coefficient (Wildman–Crippen LogP) is 5.04. The van der Waals surface area contributed by atoms with Crippen molar-refractivity contribution in [2.45, 2.75) is 19.3 Å². The minimum atomic E-state index is -0.987. The van der Waals surface area contributed by atoms with Gasteiger partial charge in [-0.3, -0.25) is 0 Å². The van der Waals surface area contributed by atoms with E-state index in [1.165, 1.54) is 24.3 Å². The van der Waals surface area contributed by atoms with Crippen LogP contribution in [0, 0.1) is 11.6 Å². The molecule has 0 unspecified atom stereocenters. The smallest absolute Gasteiger partial charge is 0.335 e. The van der Waals surface area contributed by atoms with Crippen LogP contribution in [-0.2, 0) is 19.3 Å². The molecule has 0 fully saturated rings. The zero-order chi connectivity index (χ0) is 18.5. The summed E-state index contributed by atoms with van der Waals surface area (Å²) in [5.74, 6) is -1.57. The Bertz CT molecular complexity index is 918. The number of aryl methyl sites for hydroxylation is 2. The standard InChI is InChI=1S/C22H18F2O2/c23-19-9-6-17(7-10-19)13-18-12-16(8-11-21(18)22(25)26)5-4-15-2-1-3-20(24)14-15/h1-3,6-12,14H,4-5,13H2,(H,25,26). The van der Waals surface area contributed by atoms with Crippen molar-refractivity contribution in [1.82, 2.24) is 0 Å². The highest BCUT2D eigenvalue weighted by atomic mass is 19.1. The second-order valence-electron chi connectivity index (χ2n) is 6.23. The molecule has 3 aromatic rings. The lowest BCUT2D eigenvalue weighted by Gasteiger charge is -2.10. The largest absolute Gasteiger partial charge is 0.478 e. The fraction of sp³-hybridized carbons (Fsp3) is 0.136. The topological polar surface area (TPSA) is 37.3 Å². The molecule has 132 valence electrons. The van der Waals surface area contributed by atoms with Crippen molar-refractivity contribution in [2.75, 3.05) is 0 Å². The van der Waals surface area contributed by atoms with Crippen LogP contribution in [0.25, 0.3) is 0 Å². The molecular formula is C22H18F2O2. The average molecular weight is 352 g/mol. The highest BCUT2D eigenvalue weighted by Gasteiger charge is 2.12. The lowest BCUT2D eigenvalue weighted by atomic mass is 9.95. The van der Waals surface area contributed by atoms with Gasteiger partial charge in [-0.05, 0) is 71.8 Å². The first-order valence-electron chi connectivity index (χ1n) is 8.35. The van der Waals surface area contributed by atoms with Gasteiger partial charge in [0.15, 0.2) is 0 Å². The quantitative estimate of drug-likeness (QED) is 0.675. The molecule has 0 spiro atoms. The number of carbonyl (C=O) groups is 1. The summed E-state index contributed by atoms with van der Waals surface area (Å²) in [7, 11) is 0. The second kappa shape index (κ2) is 7.91. The number of hydrogen-bond donors (Lipinski definition) is 1. The molecule has 0 saturated heterocycles. The van der Waals surface area contributed by atoms with Crippen LogP contribution in [0.4, 0.5) is 8.78 Å². The van der Waals surface area contributed by atoms with Gasteiger partial charge in [0.2, 0.25) is 0 Å². The summed E-state index contributed by atoms with van der Waals surface area (Å²) in [6.07, 6.45) is 1.76. The molecule has 0 aliphatic carbocycles. The van der Waals surface area contributed by atoms with E-state index in [4.69, 9.17) is 0 Å². The van der Waals surface area contributed by atoms with Crippen LogP contribution in [0.1, 0.15) is 32.6 Å². The number of aromatic carboxylic acids is 1. The van der Waals surface area contributed by atoms with Crippen LogP contribution >= 0.6 is 0 Å². The van der Waals surface area contributed by atoms with Gasteiger partial charge >= 0.3 is 5.97 Å². The first-order chi connectivity index (χ1) is 12.5. The van der Waals surface area contributed by atoms with E-state index in [2.05, 4.69) is 0 Å². The van der Waals surface area contributed by atoms with E-state index in [1.54, 1.807) is 30.3 Å². The molecule has 2 nitrogen and oxygen atoms in total. The summed E-state index contributed by atoms with van der Waals surface area (Å²) in [5, 5.41) is 9.42. The predicted molar refractivity (Wildman–Crippen MR) is 96.4 cm³/mol. The summed E-state index contributed by atoms with van der Waals surface area (Å²) in [6, 6.07) is 17.8. The Labute approximate surface area is 150 Å². The van der Waals surface area contributed by atoms with Crippen molar-refractivity contribution >= 4 is 5.97 Å². The van der Waals surface area contributed by atoms with E-state index >= 15 is 0 Å². The van der Waals surface area contributed by atoms with Crippen LogP contribution in [0.5, 0.6) is 0 Å². The summed E-state index contributed by atoms with van der Waals surface area (Å²) in [4.78, 5) is 11.5. The van der Waals surface area contributed by atoms with Gasteiger partial charge in [-0.1, -0.05) is 36.4 Å². The van der Waals surface area contributed by atoms with E-state index in [0.717, 1.165) is 16.7 Å². The lowest BCUT2D eigenvalue weighted by molar-refractivity contribution is 0.0696. The molecule has 26 heavy (non-hydrogen) atoms. The first-order valence-corrected chi connectivity index (χ1v) is 8.35. The van der Waals surface area contributed by atoms with Gasteiger partial charge < -0.3 is 5.11 Å².